The molecule has 1 unspecified atom stereocenters. The molecule has 0 fully saturated rings. The zero-order valence-electron chi connectivity index (χ0n) is 11.9. The number of aromatic nitrogens is 2. The van der Waals surface area contributed by atoms with Crippen LogP contribution in [0.4, 0.5) is 0 Å². The van der Waals surface area contributed by atoms with Gasteiger partial charge in [0.25, 0.3) is 0 Å². The van der Waals surface area contributed by atoms with E-state index in [1.807, 2.05) is 17.8 Å². The molecule has 1 atom stereocenters. The zero-order valence-corrected chi connectivity index (χ0v) is 11.9. The molecule has 0 spiro atoms. The summed E-state index contributed by atoms with van der Waals surface area (Å²) in [6.45, 7) is 7.10. The highest BCUT2D eigenvalue weighted by molar-refractivity contribution is 5.25. The van der Waals surface area contributed by atoms with Crippen molar-refractivity contribution in [2.45, 2.75) is 45.8 Å². The van der Waals surface area contributed by atoms with Crippen LogP contribution >= 0.6 is 0 Å². The van der Waals surface area contributed by atoms with E-state index < -0.39 is 6.10 Å². The number of hydrogen-bond acceptors (Lipinski definition) is 2. The van der Waals surface area contributed by atoms with E-state index in [2.05, 4.69) is 43.2 Å². The fraction of sp³-hybridized carbons (Fsp3) is 0.438. The Hall–Kier alpha value is -1.61. The van der Waals surface area contributed by atoms with Gasteiger partial charge in [0.05, 0.1) is 18.8 Å². The van der Waals surface area contributed by atoms with Crippen molar-refractivity contribution >= 4 is 0 Å². The molecule has 102 valence electrons. The van der Waals surface area contributed by atoms with Crippen LogP contribution in [0.15, 0.2) is 36.7 Å². The molecule has 3 heteroatoms. The second-order valence-corrected chi connectivity index (χ2v) is 5.29. The molecule has 19 heavy (non-hydrogen) atoms. The summed E-state index contributed by atoms with van der Waals surface area (Å²) in [4.78, 5) is 0. The molecule has 0 radical (unpaired) electrons. The predicted octanol–water partition coefficient (Wildman–Crippen LogP) is 3.50. The number of aliphatic hydroxyl groups is 1. The summed E-state index contributed by atoms with van der Waals surface area (Å²) in [5.41, 5.74) is 3.47. The first-order valence-corrected chi connectivity index (χ1v) is 6.89. The first-order valence-electron chi connectivity index (χ1n) is 6.89. The van der Waals surface area contributed by atoms with Crippen molar-refractivity contribution in [1.82, 2.24) is 9.78 Å². The minimum atomic E-state index is -0.405. The Morgan fingerprint density at radius 2 is 1.84 bits per heavy atom. The molecule has 0 bridgehead atoms. The van der Waals surface area contributed by atoms with Crippen LogP contribution in [0.25, 0.3) is 0 Å². The maximum atomic E-state index is 9.75. The third kappa shape index (κ3) is 3.44. The lowest BCUT2D eigenvalue weighted by atomic mass is 10.0. The molecule has 3 nitrogen and oxygen atoms in total. The Bertz CT molecular complexity index is 514. The maximum Gasteiger partial charge on any atom is 0.0817 e. The fourth-order valence-corrected chi connectivity index (χ4v) is 2.07. The van der Waals surface area contributed by atoms with Gasteiger partial charge in [-0.05, 0) is 23.5 Å². The first kappa shape index (κ1) is 13.8. The molecule has 1 N–H and O–H groups in total. The van der Waals surface area contributed by atoms with Gasteiger partial charge in [-0.15, -0.1) is 0 Å². The number of rotatable bonds is 5. The molecule has 1 aromatic heterocycles. The molecule has 2 aromatic rings. The minimum Gasteiger partial charge on any atom is -0.388 e. The average Bonchev–Trinajstić information content (AvgIpc) is 2.87. The number of benzene rings is 1. The van der Waals surface area contributed by atoms with Gasteiger partial charge < -0.3 is 5.11 Å². The van der Waals surface area contributed by atoms with Crippen molar-refractivity contribution in [3.63, 3.8) is 0 Å². The van der Waals surface area contributed by atoms with Crippen LogP contribution in [-0.4, -0.2) is 14.9 Å². The Kier molecular flexibility index (Phi) is 4.38. The lowest BCUT2D eigenvalue weighted by molar-refractivity contribution is 0.173. The summed E-state index contributed by atoms with van der Waals surface area (Å²) < 4.78 is 1.87. The van der Waals surface area contributed by atoms with Crippen molar-refractivity contribution in [3.05, 3.63) is 53.3 Å². The number of nitrogens with zero attached hydrogens (tertiary/aromatic N) is 2. The van der Waals surface area contributed by atoms with E-state index in [4.69, 9.17) is 0 Å². The molecular formula is C16H22N2O. The van der Waals surface area contributed by atoms with Gasteiger partial charge in [0.1, 0.15) is 0 Å². The molecule has 1 aromatic carbocycles. The Morgan fingerprint density at radius 3 is 2.42 bits per heavy atom. The third-order valence-electron chi connectivity index (χ3n) is 3.42. The molecule has 0 aliphatic rings. The van der Waals surface area contributed by atoms with E-state index in [9.17, 15) is 5.11 Å². The van der Waals surface area contributed by atoms with Crippen molar-refractivity contribution in [3.8, 4) is 0 Å². The van der Waals surface area contributed by atoms with E-state index in [0.29, 0.717) is 5.92 Å². The smallest absolute Gasteiger partial charge is 0.0817 e. The van der Waals surface area contributed by atoms with Gasteiger partial charge in [0, 0.05) is 11.8 Å². The van der Waals surface area contributed by atoms with E-state index in [1.54, 1.807) is 6.20 Å². The maximum absolute atomic E-state index is 9.75. The Morgan fingerprint density at radius 1 is 1.16 bits per heavy atom. The SMILES string of the molecule is CCC(O)c1cnn(Cc2ccc(C(C)C)cc2)c1. The van der Waals surface area contributed by atoms with Crippen LogP contribution < -0.4 is 0 Å². The minimum absolute atomic E-state index is 0.405. The zero-order chi connectivity index (χ0) is 13.8. The standard InChI is InChI=1S/C16H22N2O/c1-4-16(19)15-9-17-18(11-15)10-13-5-7-14(8-6-13)12(2)3/h5-9,11-12,16,19H,4,10H2,1-3H3. The number of aliphatic hydroxyl groups excluding tert-OH is 1. The van der Waals surface area contributed by atoms with Crippen LogP contribution in [0.3, 0.4) is 0 Å². The van der Waals surface area contributed by atoms with Crippen LogP contribution in [0, 0.1) is 0 Å². The molecule has 1 heterocycles. The van der Waals surface area contributed by atoms with Gasteiger partial charge in [-0.1, -0.05) is 45.0 Å². The quantitative estimate of drug-likeness (QED) is 0.891. The van der Waals surface area contributed by atoms with Gasteiger partial charge in [-0.25, -0.2) is 0 Å². The normalized spacial score (nSPS) is 12.9. The Labute approximate surface area is 114 Å². The van der Waals surface area contributed by atoms with Crippen LogP contribution in [0.2, 0.25) is 0 Å². The predicted molar refractivity (Wildman–Crippen MR) is 77.1 cm³/mol. The van der Waals surface area contributed by atoms with Crippen molar-refractivity contribution in [2.75, 3.05) is 0 Å². The highest BCUT2D eigenvalue weighted by Crippen LogP contribution is 2.17. The second kappa shape index (κ2) is 6.02. The van der Waals surface area contributed by atoms with E-state index in [0.717, 1.165) is 18.5 Å². The molecule has 2 rings (SSSR count). The average molecular weight is 258 g/mol. The second-order valence-electron chi connectivity index (χ2n) is 5.29. The van der Waals surface area contributed by atoms with Gasteiger partial charge >= 0.3 is 0 Å². The highest BCUT2D eigenvalue weighted by atomic mass is 16.3. The van der Waals surface area contributed by atoms with Gasteiger partial charge in [0.15, 0.2) is 0 Å². The van der Waals surface area contributed by atoms with Crippen LogP contribution in [0.5, 0.6) is 0 Å². The lowest BCUT2D eigenvalue weighted by Gasteiger charge is -2.07. The monoisotopic (exact) mass is 258 g/mol. The summed E-state index contributed by atoms with van der Waals surface area (Å²) in [6.07, 6.45) is 3.98. The molecule has 0 aliphatic heterocycles. The summed E-state index contributed by atoms with van der Waals surface area (Å²) in [5, 5.41) is 14.0. The summed E-state index contributed by atoms with van der Waals surface area (Å²) in [6, 6.07) is 8.64. The first-order chi connectivity index (χ1) is 9.10. The largest absolute Gasteiger partial charge is 0.388 e. The van der Waals surface area contributed by atoms with Crippen molar-refractivity contribution < 1.29 is 5.11 Å². The molecular weight excluding hydrogens is 236 g/mol. The van der Waals surface area contributed by atoms with Gasteiger partial charge in [0.2, 0.25) is 0 Å². The third-order valence-corrected chi connectivity index (χ3v) is 3.42. The van der Waals surface area contributed by atoms with Gasteiger partial charge in [-0.3, -0.25) is 4.68 Å². The molecule has 0 saturated carbocycles. The summed E-state index contributed by atoms with van der Waals surface area (Å²) in [5.74, 6) is 0.560. The summed E-state index contributed by atoms with van der Waals surface area (Å²) in [7, 11) is 0. The topological polar surface area (TPSA) is 38.1 Å². The van der Waals surface area contributed by atoms with Crippen LogP contribution in [-0.2, 0) is 6.54 Å². The fourth-order valence-electron chi connectivity index (χ4n) is 2.07. The highest BCUT2D eigenvalue weighted by Gasteiger charge is 2.07. The van der Waals surface area contributed by atoms with E-state index in [-0.39, 0.29) is 0 Å². The Balaban J connectivity index is 2.06. The van der Waals surface area contributed by atoms with E-state index in [1.165, 1.54) is 11.1 Å². The summed E-state index contributed by atoms with van der Waals surface area (Å²) >= 11 is 0. The van der Waals surface area contributed by atoms with E-state index >= 15 is 0 Å². The molecule has 0 amide bonds. The van der Waals surface area contributed by atoms with Crippen molar-refractivity contribution in [2.24, 2.45) is 0 Å². The van der Waals surface area contributed by atoms with Crippen LogP contribution in [0.1, 0.15) is 55.9 Å². The molecule has 0 saturated heterocycles. The number of hydrogen-bond donors (Lipinski definition) is 1. The lowest BCUT2D eigenvalue weighted by Crippen LogP contribution is -2.00. The molecule has 0 aliphatic carbocycles. The van der Waals surface area contributed by atoms with Gasteiger partial charge in [-0.2, -0.15) is 5.10 Å². The van der Waals surface area contributed by atoms with Crippen molar-refractivity contribution in [1.29, 1.82) is 0 Å².